The molecule has 0 bridgehead atoms. The fourth-order valence-electron chi connectivity index (χ4n) is 3.94. The summed E-state index contributed by atoms with van der Waals surface area (Å²) < 4.78 is 5.34. The predicted octanol–water partition coefficient (Wildman–Crippen LogP) is 2.25. The van der Waals surface area contributed by atoms with Gasteiger partial charge in [0.25, 0.3) is 0 Å². The molecule has 1 atom stereocenters. The van der Waals surface area contributed by atoms with Gasteiger partial charge in [0.1, 0.15) is 11.6 Å². The lowest BCUT2D eigenvalue weighted by atomic mass is 9.87. The molecule has 0 unspecified atom stereocenters. The van der Waals surface area contributed by atoms with Crippen LogP contribution in [0.1, 0.15) is 42.5 Å². The standard InChI is InChI=1S/C19H22N4O3/c1-26-15-4-2-3-13-14(11-16(24)22-17(13)15)19(25)23-9-5-12(6-10-23)18-20-7-8-21-18/h2-4,7-8,12,14H,5-6,9-11H2,1H3,(H,20,21)(H,22,24)/t14-/m1/s1. The molecule has 1 aromatic heterocycles. The van der Waals surface area contributed by atoms with Gasteiger partial charge in [0, 0.05) is 37.8 Å². The Morgan fingerprint density at radius 2 is 2.12 bits per heavy atom. The van der Waals surface area contributed by atoms with E-state index in [4.69, 9.17) is 4.74 Å². The lowest BCUT2D eigenvalue weighted by molar-refractivity contribution is -0.136. The first kappa shape index (κ1) is 16.6. The number of carbonyl (C=O) groups excluding carboxylic acids is 2. The van der Waals surface area contributed by atoms with Crippen molar-refractivity contribution in [3.8, 4) is 5.75 Å². The molecule has 7 nitrogen and oxygen atoms in total. The van der Waals surface area contributed by atoms with Gasteiger partial charge in [-0.25, -0.2) is 4.98 Å². The van der Waals surface area contributed by atoms with Gasteiger partial charge in [-0.05, 0) is 24.5 Å². The molecule has 2 amide bonds. The Morgan fingerprint density at radius 3 is 2.81 bits per heavy atom. The van der Waals surface area contributed by atoms with Gasteiger partial charge in [-0.3, -0.25) is 9.59 Å². The van der Waals surface area contributed by atoms with E-state index in [1.165, 1.54) is 0 Å². The number of anilines is 1. The normalized spacial score (nSPS) is 20.4. The van der Waals surface area contributed by atoms with Crippen LogP contribution < -0.4 is 10.1 Å². The molecule has 1 fully saturated rings. The molecule has 2 aliphatic rings. The van der Waals surface area contributed by atoms with Crippen molar-refractivity contribution in [1.29, 1.82) is 0 Å². The number of benzene rings is 1. The molecule has 0 saturated carbocycles. The van der Waals surface area contributed by atoms with E-state index in [1.807, 2.05) is 23.2 Å². The Kier molecular flexibility index (Phi) is 4.36. The second-order valence-electron chi connectivity index (χ2n) is 6.80. The summed E-state index contributed by atoms with van der Waals surface area (Å²) in [6.45, 7) is 1.36. The predicted molar refractivity (Wildman–Crippen MR) is 96.1 cm³/mol. The van der Waals surface area contributed by atoms with Gasteiger partial charge in [-0.2, -0.15) is 0 Å². The largest absolute Gasteiger partial charge is 0.495 e. The highest BCUT2D eigenvalue weighted by Gasteiger charge is 2.36. The molecule has 1 aromatic carbocycles. The molecular formula is C19H22N4O3. The zero-order valence-electron chi connectivity index (χ0n) is 14.7. The third-order valence-electron chi connectivity index (χ3n) is 5.32. The van der Waals surface area contributed by atoms with Crippen LogP contribution in [0.25, 0.3) is 0 Å². The molecule has 4 rings (SSSR count). The Labute approximate surface area is 151 Å². The summed E-state index contributed by atoms with van der Waals surface area (Å²) in [6, 6.07) is 5.55. The topological polar surface area (TPSA) is 87.3 Å². The number of likely N-dealkylation sites (tertiary alicyclic amines) is 1. The first-order valence-electron chi connectivity index (χ1n) is 8.92. The summed E-state index contributed by atoms with van der Waals surface area (Å²) in [4.78, 5) is 34.7. The van der Waals surface area contributed by atoms with Crippen molar-refractivity contribution in [1.82, 2.24) is 14.9 Å². The minimum absolute atomic E-state index is 0.0206. The van der Waals surface area contributed by atoms with Crippen molar-refractivity contribution in [3.63, 3.8) is 0 Å². The van der Waals surface area contributed by atoms with E-state index in [0.717, 1.165) is 24.2 Å². The Bertz CT molecular complexity index is 810. The molecule has 26 heavy (non-hydrogen) atoms. The Balaban J connectivity index is 1.52. The molecule has 0 aliphatic carbocycles. The maximum absolute atomic E-state index is 13.1. The smallest absolute Gasteiger partial charge is 0.230 e. The van der Waals surface area contributed by atoms with Crippen LogP contribution in [0.5, 0.6) is 5.75 Å². The summed E-state index contributed by atoms with van der Waals surface area (Å²) >= 11 is 0. The van der Waals surface area contributed by atoms with Crippen LogP contribution in [0.15, 0.2) is 30.6 Å². The van der Waals surface area contributed by atoms with Crippen LogP contribution in [0.2, 0.25) is 0 Å². The zero-order valence-corrected chi connectivity index (χ0v) is 14.7. The van der Waals surface area contributed by atoms with Gasteiger partial charge < -0.3 is 19.9 Å². The quantitative estimate of drug-likeness (QED) is 0.885. The van der Waals surface area contributed by atoms with Crippen molar-refractivity contribution in [2.75, 3.05) is 25.5 Å². The third-order valence-corrected chi connectivity index (χ3v) is 5.32. The third kappa shape index (κ3) is 2.94. The number of amides is 2. The second kappa shape index (κ2) is 6.82. The number of piperidine rings is 1. The van der Waals surface area contributed by atoms with Gasteiger partial charge in [0.2, 0.25) is 11.8 Å². The number of fused-ring (bicyclic) bond motifs is 1. The average molecular weight is 354 g/mol. The maximum atomic E-state index is 13.1. The van der Waals surface area contributed by atoms with E-state index in [9.17, 15) is 9.59 Å². The van der Waals surface area contributed by atoms with Gasteiger partial charge in [-0.15, -0.1) is 0 Å². The van der Waals surface area contributed by atoms with E-state index < -0.39 is 5.92 Å². The van der Waals surface area contributed by atoms with Crippen molar-refractivity contribution in [3.05, 3.63) is 42.0 Å². The first-order valence-corrected chi connectivity index (χ1v) is 8.92. The van der Waals surface area contributed by atoms with Crippen molar-refractivity contribution in [2.24, 2.45) is 0 Å². The van der Waals surface area contributed by atoms with Crippen molar-refractivity contribution in [2.45, 2.75) is 31.1 Å². The fraction of sp³-hybridized carbons (Fsp3) is 0.421. The van der Waals surface area contributed by atoms with E-state index in [2.05, 4.69) is 15.3 Å². The highest BCUT2D eigenvalue weighted by molar-refractivity contribution is 6.02. The lowest BCUT2D eigenvalue weighted by Gasteiger charge is -2.35. The number of hydrogen-bond acceptors (Lipinski definition) is 4. The highest BCUT2D eigenvalue weighted by Crippen LogP contribution is 2.40. The van der Waals surface area contributed by atoms with E-state index in [-0.39, 0.29) is 18.2 Å². The number of nitrogens with zero attached hydrogens (tertiary/aromatic N) is 2. The molecule has 3 heterocycles. The van der Waals surface area contributed by atoms with E-state index >= 15 is 0 Å². The number of imidazole rings is 1. The van der Waals surface area contributed by atoms with Crippen molar-refractivity contribution < 1.29 is 14.3 Å². The Hall–Kier alpha value is -2.83. The van der Waals surface area contributed by atoms with Gasteiger partial charge in [-0.1, -0.05) is 12.1 Å². The molecule has 0 radical (unpaired) electrons. The summed E-state index contributed by atoms with van der Waals surface area (Å²) in [5, 5.41) is 2.85. The number of rotatable bonds is 3. The number of H-pyrrole nitrogens is 1. The fourth-order valence-corrected chi connectivity index (χ4v) is 3.94. The number of hydrogen-bond donors (Lipinski definition) is 2. The summed E-state index contributed by atoms with van der Waals surface area (Å²) in [6.07, 6.45) is 5.53. The first-order chi connectivity index (χ1) is 12.7. The molecule has 7 heteroatoms. The molecular weight excluding hydrogens is 332 g/mol. The maximum Gasteiger partial charge on any atom is 0.230 e. The number of aromatic nitrogens is 2. The molecule has 2 N–H and O–H groups in total. The molecule has 1 saturated heterocycles. The number of ether oxygens (including phenoxy) is 1. The van der Waals surface area contributed by atoms with E-state index in [0.29, 0.717) is 30.4 Å². The minimum atomic E-state index is -0.450. The van der Waals surface area contributed by atoms with Crippen molar-refractivity contribution >= 4 is 17.5 Å². The number of para-hydroxylation sites is 1. The molecule has 2 aromatic rings. The van der Waals surface area contributed by atoms with Crippen LogP contribution in [0.3, 0.4) is 0 Å². The van der Waals surface area contributed by atoms with Gasteiger partial charge in [0.05, 0.1) is 18.7 Å². The molecule has 2 aliphatic heterocycles. The number of aromatic amines is 1. The average Bonchev–Trinajstić information content (AvgIpc) is 3.21. The van der Waals surface area contributed by atoms with E-state index in [1.54, 1.807) is 19.4 Å². The lowest BCUT2D eigenvalue weighted by Crippen LogP contribution is -2.42. The monoisotopic (exact) mass is 354 g/mol. The highest BCUT2D eigenvalue weighted by atomic mass is 16.5. The zero-order chi connectivity index (χ0) is 18.1. The Morgan fingerprint density at radius 1 is 1.31 bits per heavy atom. The van der Waals surface area contributed by atoms with Crippen LogP contribution in [-0.2, 0) is 9.59 Å². The minimum Gasteiger partial charge on any atom is -0.495 e. The molecule has 0 spiro atoms. The van der Waals surface area contributed by atoms with Gasteiger partial charge in [0.15, 0.2) is 0 Å². The van der Waals surface area contributed by atoms with Crippen LogP contribution in [0.4, 0.5) is 5.69 Å². The van der Waals surface area contributed by atoms with Crippen LogP contribution >= 0.6 is 0 Å². The van der Waals surface area contributed by atoms with Crippen LogP contribution in [0, 0.1) is 0 Å². The summed E-state index contributed by atoms with van der Waals surface area (Å²) in [5.41, 5.74) is 1.46. The molecule has 136 valence electrons. The van der Waals surface area contributed by atoms with Gasteiger partial charge >= 0.3 is 0 Å². The second-order valence-corrected chi connectivity index (χ2v) is 6.80. The van der Waals surface area contributed by atoms with Crippen LogP contribution in [-0.4, -0.2) is 46.9 Å². The number of nitrogens with one attached hydrogen (secondary N) is 2. The number of carbonyl (C=O) groups is 2. The number of methoxy groups -OCH3 is 1. The SMILES string of the molecule is COc1cccc2c1NC(=O)C[C@H]2C(=O)N1CCC(c2ncc[nH]2)CC1. The summed E-state index contributed by atoms with van der Waals surface area (Å²) in [7, 11) is 1.56. The summed E-state index contributed by atoms with van der Waals surface area (Å²) in [5.74, 6) is 1.36.